The Bertz CT molecular complexity index is 739. The fraction of sp³-hybridized carbons (Fsp3) is 0.919. The fourth-order valence-electron chi connectivity index (χ4n) is 5.66. The van der Waals surface area contributed by atoms with Crippen molar-refractivity contribution in [2.24, 2.45) is 5.73 Å². The van der Waals surface area contributed by atoms with Crippen molar-refractivity contribution in [2.45, 2.75) is 199 Å². The van der Waals surface area contributed by atoms with Crippen molar-refractivity contribution in [1.82, 2.24) is 5.32 Å². The lowest BCUT2D eigenvalue weighted by atomic mass is 10.0. The molecule has 0 spiro atoms. The van der Waals surface area contributed by atoms with E-state index in [-0.39, 0.29) is 25.7 Å². The molecule has 0 aromatic carbocycles. The first-order valence-corrected chi connectivity index (χ1v) is 20.8. The first-order valence-electron chi connectivity index (χ1n) is 19.3. The molecule has 9 heteroatoms. The minimum atomic E-state index is -4.31. The van der Waals surface area contributed by atoms with Gasteiger partial charge in [0.15, 0.2) is 0 Å². The van der Waals surface area contributed by atoms with E-state index in [1.54, 1.807) is 0 Å². The highest BCUT2D eigenvalue weighted by Crippen LogP contribution is 2.43. The van der Waals surface area contributed by atoms with Crippen LogP contribution >= 0.6 is 7.82 Å². The van der Waals surface area contributed by atoms with E-state index in [2.05, 4.69) is 31.3 Å². The van der Waals surface area contributed by atoms with Gasteiger partial charge in [-0.1, -0.05) is 154 Å². The number of hydrogen-bond acceptors (Lipinski definition) is 6. The second-order valence-corrected chi connectivity index (χ2v) is 14.6. The maximum atomic E-state index is 12.7. The van der Waals surface area contributed by atoms with Crippen LogP contribution < -0.4 is 11.1 Å². The second kappa shape index (κ2) is 34.1. The molecule has 0 aliphatic rings. The summed E-state index contributed by atoms with van der Waals surface area (Å²) in [5.74, 6) is -0.171. The monoisotopic (exact) mass is 675 g/mol. The van der Waals surface area contributed by atoms with E-state index in [9.17, 15) is 19.4 Å². The molecule has 46 heavy (non-hydrogen) atoms. The molecule has 8 nitrogen and oxygen atoms in total. The zero-order valence-corrected chi connectivity index (χ0v) is 31.0. The fourth-order valence-corrected chi connectivity index (χ4v) is 6.42. The van der Waals surface area contributed by atoms with E-state index in [1.807, 2.05) is 0 Å². The van der Waals surface area contributed by atoms with Crippen LogP contribution in [0.3, 0.4) is 0 Å². The van der Waals surface area contributed by atoms with Gasteiger partial charge in [-0.15, -0.1) is 0 Å². The number of unbranched alkanes of at least 4 members (excludes halogenated alkanes) is 22. The molecule has 1 amide bonds. The summed E-state index contributed by atoms with van der Waals surface area (Å²) in [4.78, 5) is 22.6. The molecule has 274 valence electrons. The SMILES string of the molecule is CCCCCC/C=C\CCCCCCCC(=O)NC(COP(=O)(O)OCCN)C(O)CCCCCCCCCCCCCCCC. The Kier molecular flexibility index (Phi) is 33.6. The van der Waals surface area contributed by atoms with E-state index in [4.69, 9.17) is 14.8 Å². The van der Waals surface area contributed by atoms with Crippen LogP contribution in [0.2, 0.25) is 0 Å². The van der Waals surface area contributed by atoms with Crippen LogP contribution in [0.5, 0.6) is 0 Å². The Morgan fingerprint density at radius 1 is 0.696 bits per heavy atom. The third-order valence-corrected chi connectivity index (χ3v) is 9.60. The topological polar surface area (TPSA) is 131 Å². The molecule has 5 N–H and O–H groups in total. The summed E-state index contributed by atoms with van der Waals surface area (Å²) < 4.78 is 22.1. The summed E-state index contributed by atoms with van der Waals surface area (Å²) in [5, 5.41) is 13.7. The second-order valence-electron chi connectivity index (χ2n) is 13.1. The Morgan fingerprint density at radius 2 is 1.13 bits per heavy atom. The molecule has 0 saturated heterocycles. The molecule has 0 radical (unpaired) electrons. The zero-order valence-electron chi connectivity index (χ0n) is 30.1. The molecule has 0 rings (SSSR count). The van der Waals surface area contributed by atoms with Gasteiger partial charge in [-0.2, -0.15) is 0 Å². The molecule has 0 heterocycles. The summed E-state index contributed by atoms with van der Waals surface area (Å²) in [6.45, 7) is 4.18. The van der Waals surface area contributed by atoms with Crippen molar-refractivity contribution in [1.29, 1.82) is 0 Å². The number of carbonyl (C=O) groups is 1. The van der Waals surface area contributed by atoms with E-state index in [1.165, 1.54) is 109 Å². The Labute approximate surface area is 284 Å². The summed E-state index contributed by atoms with van der Waals surface area (Å²) in [5.41, 5.74) is 5.36. The van der Waals surface area contributed by atoms with E-state index < -0.39 is 20.0 Å². The Hall–Kier alpha value is -0.760. The van der Waals surface area contributed by atoms with Crippen molar-refractivity contribution >= 4 is 13.7 Å². The number of hydrogen-bond donors (Lipinski definition) is 4. The highest BCUT2D eigenvalue weighted by Gasteiger charge is 2.27. The molecular formula is C37H75N2O6P. The number of aliphatic hydroxyl groups is 1. The first-order chi connectivity index (χ1) is 22.4. The van der Waals surface area contributed by atoms with Crippen LogP contribution in [0.1, 0.15) is 187 Å². The number of rotatable bonds is 36. The van der Waals surface area contributed by atoms with E-state index >= 15 is 0 Å². The number of aliphatic hydroxyl groups excluding tert-OH is 1. The van der Waals surface area contributed by atoms with Crippen LogP contribution in [0.15, 0.2) is 12.2 Å². The van der Waals surface area contributed by atoms with Crippen LogP contribution in [0.4, 0.5) is 0 Å². The van der Waals surface area contributed by atoms with Gasteiger partial charge in [0.2, 0.25) is 5.91 Å². The number of phosphoric ester groups is 1. The average molecular weight is 675 g/mol. The molecule has 3 unspecified atom stereocenters. The van der Waals surface area contributed by atoms with Gasteiger partial charge >= 0.3 is 7.82 Å². The lowest BCUT2D eigenvalue weighted by Gasteiger charge is -2.25. The number of nitrogens with two attached hydrogens (primary N) is 1. The third kappa shape index (κ3) is 31.8. The average Bonchev–Trinajstić information content (AvgIpc) is 3.04. The number of carbonyl (C=O) groups excluding carboxylic acids is 1. The molecular weight excluding hydrogens is 599 g/mol. The standard InChI is InChI=1S/C37H75N2O6P/c1-3-5-7-9-11-13-15-17-19-20-22-24-26-28-30-36(40)35(34-45-46(42,43)44-33-32-38)39-37(41)31-29-27-25-23-21-18-16-14-12-10-8-6-4-2/h14,16,35-36,40H,3-13,15,17-34,38H2,1-2H3,(H,39,41)(H,42,43)/b16-14-. The van der Waals surface area contributed by atoms with Crippen molar-refractivity contribution < 1.29 is 28.4 Å². The minimum absolute atomic E-state index is 0.0889. The summed E-state index contributed by atoms with van der Waals surface area (Å²) >= 11 is 0. The highest BCUT2D eigenvalue weighted by molar-refractivity contribution is 7.47. The highest BCUT2D eigenvalue weighted by atomic mass is 31.2. The van der Waals surface area contributed by atoms with Gasteiger partial charge in [-0.05, 0) is 38.5 Å². The van der Waals surface area contributed by atoms with E-state index in [0.717, 1.165) is 51.4 Å². The minimum Gasteiger partial charge on any atom is -0.391 e. The van der Waals surface area contributed by atoms with Crippen LogP contribution in [0.25, 0.3) is 0 Å². The molecule has 0 aromatic rings. The predicted octanol–water partition coefficient (Wildman–Crippen LogP) is 10.1. The number of nitrogens with one attached hydrogen (secondary N) is 1. The largest absolute Gasteiger partial charge is 0.472 e. The molecule has 0 bridgehead atoms. The van der Waals surface area contributed by atoms with Gasteiger partial charge in [0, 0.05) is 13.0 Å². The predicted molar refractivity (Wildman–Crippen MR) is 194 cm³/mol. The smallest absolute Gasteiger partial charge is 0.391 e. The van der Waals surface area contributed by atoms with Crippen LogP contribution in [0, 0.1) is 0 Å². The van der Waals surface area contributed by atoms with Crippen LogP contribution in [-0.4, -0.2) is 47.8 Å². The Balaban J connectivity index is 4.25. The normalized spacial score (nSPS) is 14.5. The van der Waals surface area contributed by atoms with Crippen molar-refractivity contribution in [3.05, 3.63) is 12.2 Å². The molecule has 0 aromatic heterocycles. The maximum Gasteiger partial charge on any atom is 0.472 e. The van der Waals surface area contributed by atoms with Gasteiger partial charge in [0.05, 0.1) is 25.4 Å². The lowest BCUT2D eigenvalue weighted by molar-refractivity contribution is -0.123. The van der Waals surface area contributed by atoms with Gasteiger partial charge in [0.1, 0.15) is 0 Å². The molecule has 3 atom stereocenters. The Morgan fingerprint density at radius 3 is 1.63 bits per heavy atom. The molecule has 0 saturated carbocycles. The zero-order chi connectivity index (χ0) is 34.0. The number of amides is 1. The number of phosphoric acid groups is 1. The molecule has 0 fully saturated rings. The summed E-state index contributed by atoms with van der Waals surface area (Å²) in [7, 11) is -4.31. The van der Waals surface area contributed by atoms with E-state index in [0.29, 0.717) is 12.8 Å². The summed E-state index contributed by atoms with van der Waals surface area (Å²) in [6, 6.07) is -0.773. The van der Waals surface area contributed by atoms with Crippen molar-refractivity contribution in [3.8, 4) is 0 Å². The van der Waals surface area contributed by atoms with Gasteiger partial charge in [0.25, 0.3) is 0 Å². The van der Waals surface area contributed by atoms with Gasteiger partial charge < -0.3 is 21.1 Å². The molecule has 0 aliphatic heterocycles. The van der Waals surface area contributed by atoms with Crippen LogP contribution in [-0.2, 0) is 18.4 Å². The van der Waals surface area contributed by atoms with Crippen molar-refractivity contribution in [2.75, 3.05) is 19.8 Å². The number of allylic oxidation sites excluding steroid dienone is 2. The van der Waals surface area contributed by atoms with Gasteiger partial charge in [-0.25, -0.2) is 4.57 Å². The third-order valence-electron chi connectivity index (χ3n) is 8.62. The lowest BCUT2D eigenvalue weighted by Crippen LogP contribution is -2.46. The first kappa shape index (κ1) is 45.2. The quantitative estimate of drug-likeness (QED) is 0.0295. The van der Waals surface area contributed by atoms with Gasteiger partial charge in [-0.3, -0.25) is 13.8 Å². The summed E-state index contributed by atoms with van der Waals surface area (Å²) in [6.07, 6.45) is 34.9. The van der Waals surface area contributed by atoms with Crippen molar-refractivity contribution in [3.63, 3.8) is 0 Å². The maximum absolute atomic E-state index is 12.7. The molecule has 0 aliphatic carbocycles.